The second kappa shape index (κ2) is 7.25. The second-order valence-electron chi connectivity index (χ2n) is 1.51. The van der Waals surface area contributed by atoms with Gasteiger partial charge in [-0.1, -0.05) is 24.9 Å². The lowest BCUT2D eigenvalue weighted by Crippen LogP contribution is -1.81. The minimum absolute atomic E-state index is 0. The molecule has 0 fully saturated rings. The van der Waals surface area contributed by atoms with E-state index in [4.69, 9.17) is 17.0 Å². The van der Waals surface area contributed by atoms with Crippen LogP contribution in [-0.2, 0) is 0 Å². The van der Waals surface area contributed by atoms with Crippen molar-refractivity contribution in [2.75, 3.05) is 0 Å². The molecule has 0 aliphatic heterocycles. The summed E-state index contributed by atoms with van der Waals surface area (Å²) in [5, 5.41) is 7.04. The molecule has 0 aromatic rings. The first-order valence-electron chi connectivity index (χ1n) is 2.50. The van der Waals surface area contributed by atoms with Crippen LogP contribution in [0.5, 0.6) is 0 Å². The van der Waals surface area contributed by atoms with Crippen LogP contribution in [0, 0.1) is 5.41 Å². The SMILES string of the molecule is CCCCC(=N)Cl.Cl. The van der Waals surface area contributed by atoms with Crippen molar-refractivity contribution < 1.29 is 0 Å². The van der Waals surface area contributed by atoms with Crippen LogP contribution in [0.2, 0.25) is 0 Å². The Hall–Kier alpha value is 0.250. The van der Waals surface area contributed by atoms with E-state index in [1.165, 1.54) is 0 Å². The van der Waals surface area contributed by atoms with Gasteiger partial charge in [0.2, 0.25) is 0 Å². The molecule has 1 N–H and O–H groups in total. The molecule has 0 aromatic heterocycles. The van der Waals surface area contributed by atoms with E-state index >= 15 is 0 Å². The highest BCUT2D eigenvalue weighted by atomic mass is 35.5. The van der Waals surface area contributed by atoms with Gasteiger partial charge in [-0.2, -0.15) is 0 Å². The van der Waals surface area contributed by atoms with Crippen LogP contribution in [-0.4, -0.2) is 5.17 Å². The molecule has 50 valence electrons. The molecule has 0 aromatic carbocycles. The lowest BCUT2D eigenvalue weighted by atomic mass is 10.3. The van der Waals surface area contributed by atoms with Crippen molar-refractivity contribution >= 4 is 29.2 Å². The van der Waals surface area contributed by atoms with Gasteiger partial charge in [-0.15, -0.1) is 12.4 Å². The number of hydrogen-bond donors (Lipinski definition) is 1. The Labute approximate surface area is 61.3 Å². The molecule has 0 aliphatic rings. The Morgan fingerprint density at radius 1 is 1.62 bits per heavy atom. The summed E-state index contributed by atoms with van der Waals surface area (Å²) < 4.78 is 0. The van der Waals surface area contributed by atoms with Crippen LogP contribution in [0.25, 0.3) is 0 Å². The zero-order valence-corrected chi connectivity index (χ0v) is 6.48. The summed E-state index contributed by atoms with van der Waals surface area (Å²) in [5.41, 5.74) is 0. The zero-order chi connectivity index (χ0) is 5.70. The highest BCUT2D eigenvalue weighted by Gasteiger charge is 1.85. The predicted octanol–water partition coefficient (Wildman–Crippen LogP) is 2.81. The van der Waals surface area contributed by atoms with Crippen LogP contribution >= 0.6 is 24.0 Å². The number of hydrogen-bond acceptors (Lipinski definition) is 1. The molecule has 0 aliphatic carbocycles. The minimum Gasteiger partial charge on any atom is -0.293 e. The van der Waals surface area contributed by atoms with Gasteiger partial charge in [-0.3, -0.25) is 5.41 Å². The summed E-state index contributed by atoms with van der Waals surface area (Å²) in [6, 6.07) is 0. The summed E-state index contributed by atoms with van der Waals surface area (Å²) >= 11 is 5.24. The molecule has 0 heterocycles. The van der Waals surface area contributed by atoms with Gasteiger partial charge in [0.1, 0.15) is 0 Å². The summed E-state index contributed by atoms with van der Waals surface area (Å²) in [7, 11) is 0. The third-order valence-corrected chi connectivity index (χ3v) is 0.939. The van der Waals surface area contributed by atoms with Gasteiger partial charge in [0.25, 0.3) is 0 Å². The van der Waals surface area contributed by atoms with Crippen molar-refractivity contribution in [3.8, 4) is 0 Å². The molecule has 0 saturated carbocycles. The molecule has 0 bridgehead atoms. The molecule has 0 spiro atoms. The van der Waals surface area contributed by atoms with Crippen molar-refractivity contribution in [1.82, 2.24) is 0 Å². The maximum atomic E-state index is 6.76. The van der Waals surface area contributed by atoms with Gasteiger partial charge in [0.05, 0.1) is 5.17 Å². The smallest absolute Gasteiger partial charge is 0.0968 e. The van der Waals surface area contributed by atoms with Crippen LogP contribution in [0.3, 0.4) is 0 Å². The van der Waals surface area contributed by atoms with Gasteiger partial charge in [0.15, 0.2) is 0 Å². The maximum Gasteiger partial charge on any atom is 0.0968 e. The molecule has 0 rings (SSSR count). The molecule has 0 unspecified atom stereocenters. The predicted molar refractivity (Wildman–Crippen MR) is 40.4 cm³/mol. The van der Waals surface area contributed by atoms with E-state index in [1.54, 1.807) is 0 Å². The highest BCUT2D eigenvalue weighted by Crippen LogP contribution is 1.96. The lowest BCUT2D eigenvalue weighted by molar-refractivity contribution is 0.838. The number of rotatable bonds is 3. The Morgan fingerprint density at radius 3 is 2.25 bits per heavy atom. The van der Waals surface area contributed by atoms with Gasteiger partial charge >= 0.3 is 0 Å². The molecule has 0 saturated heterocycles. The molecular weight excluding hydrogens is 145 g/mol. The standard InChI is InChI=1S/C5H10ClN.ClH/c1-2-3-4-5(6)7;/h7H,2-4H2,1H3;1H. The molecule has 0 atom stereocenters. The monoisotopic (exact) mass is 155 g/mol. The molecule has 0 amide bonds. The highest BCUT2D eigenvalue weighted by molar-refractivity contribution is 6.64. The zero-order valence-electron chi connectivity index (χ0n) is 4.91. The molecular formula is C5H11Cl2N. The molecule has 1 nitrogen and oxygen atoms in total. The summed E-state index contributed by atoms with van der Waals surface area (Å²) in [4.78, 5) is 0. The van der Waals surface area contributed by atoms with E-state index in [-0.39, 0.29) is 17.6 Å². The number of halogens is 2. The van der Waals surface area contributed by atoms with Crippen LogP contribution in [0.15, 0.2) is 0 Å². The first-order chi connectivity index (χ1) is 3.27. The Kier molecular flexibility index (Phi) is 10.1. The number of nitrogens with one attached hydrogen (secondary N) is 1. The fourth-order valence-electron chi connectivity index (χ4n) is 0.332. The quantitative estimate of drug-likeness (QED) is 0.607. The first kappa shape index (κ1) is 11.1. The lowest BCUT2D eigenvalue weighted by Gasteiger charge is -1.87. The first-order valence-corrected chi connectivity index (χ1v) is 2.88. The van der Waals surface area contributed by atoms with E-state index in [2.05, 4.69) is 6.92 Å². The maximum absolute atomic E-state index is 6.76. The normalized spacial score (nSPS) is 7.75. The largest absolute Gasteiger partial charge is 0.293 e. The van der Waals surface area contributed by atoms with E-state index in [9.17, 15) is 0 Å². The Morgan fingerprint density at radius 2 is 2.12 bits per heavy atom. The van der Waals surface area contributed by atoms with Crippen LogP contribution in [0.4, 0.5) is 0 Å². The van der Waals surface area contributed by atoms with E-state index in [0.717, 1.165) is 19.3 Å². The fourth-order valence-corrected chi connectivity index (χ4v) is 0.466. The van der Waals surface area contributed by atoms with Gasteiger partial charge in [-0.25, -0.2) is 0 Å². The van der Waals surface area contributed by atoms with Gasteiger partial charge < -0.3 is 0 Å². The topological polar surface area (TPSA) is 23.9 Å². The van der Waals surface area contributed by atoms with Crippen molar-refractivity contribution in [2.24, 2.45) is 0 Å². The second-order valence-corrected chi connectivity index (χ2v) is 1.96. The van der Waals surface area contributed by atoms with Gasteiger partial charge in [-0.05, 0) is 12.8 Å². The van der Waals surface area contributed by atoms with E-state index in [1.807, 2.05) is 0 Å². The van der Waals surface area contributed by atoms with Gasteiger partial charge in [0, 0.05) is 0 Å². The van der Waals surface area contributed by atoms with Crippen LogP contribution in [0.1, 0.15) is 26.2 Å². The summed E-state index contributed by atoms with van der Waals surface area (Å²) in [6.07, 6.45) is 2.91. The summed E-state index contributed by atoms with van der Waals surface area (Å²) in [6.45, 7) is 2.08. The Balaban J connectivity index is 0. The fraction of sp³-hybridized carbons (Fsp3) is 0.800. The van der Waals surface area contributed by atoms with Crippen molar-refractivity contribution in [1.29, 1.82) is 5.41 Å². The third-order valence-electron chi connectivity index (χ3n) is 0.750. The third kappa shape index (κ3) is 9.54. The summed E-state index contributed by atoms with van der Waals surface area (Å²) in [5.74, 6) is 0. The number of unbranched alkanes of at least 4 members (excludes halogenated alkanes) is 1. The molecule has 0 radical (unpaired) electrons. The minimum atomic E-state index is 0. The Bertz CT molecular complexity index is 63.4. The average molecular weight is 156 g/mol. The van der Waals surface area contributed by atoms with Crippen molar-refractivity contribution in [3.05, 3.63) is 0 Å². The molecule has 3 heteroatoms. The van der Waals surface area contributed by atoms with Crippen molar-refractivity contribution in [2.45, 2.75) is 26.2 Å². The molecule has 8 heavy (non-hydrogen) atoms. The average Bonchev–Trinajstić information content (AvgIpc) is 1.61. The van der Waals surface area contributed by atoms with E-state index in [0.29, 0.717) is 0 Å². The van der Waals surface area contributed by atoms with E-state index < -0.39 is 0 Å². The van der Waals surface area contributed by atoms with Crippen molar-refractivity contribution in [3.63, 3.8) is 0 Å². The van der Waals surface area contributed by atoms with Crippen LogP contribution < -0.4 is 0 Å².